The van der Waals surface area contributed by atoms with Crippen LogP contribution in [0.2, 0.25) is 0 Å². The molecule has 0 unspecified atom stereocenters. The molecule has 0 aromatic carbocycles. The largest absolute Gasteiger partial charge is 0.296 e. The highest BCUT2D eigenvalue weighted by Crippen LogP contribution is 2.29. The number of halogens is 1. The molecule has 0 radical (unpaired) electrons. The highest BCUT2D eigenvalue weighted by atomic mass is 79.9. The second-order valence-corrected chi connectivity index (χ2v) is 5.03. The number of carbonyl (C=O) groups excluding carboxylic acids is 1. The Kier molecular flexibility index (Phi) is 2.69. The lowest BCUT2D eigenvalue weighted by atomic mass is 10.3. The molecule has 0 aliphatic carbocycles. The van der Waals surface area contributed by atoms with Crippen LogP contribution in [0.15, 0.2) is 28.1 Å². The summed E-state index contributed by atoms with van der Waals surface area (Å²) in [7, 11) is 0. The van der Waals surface area contributed by atoms with E-state index in [4.69, 9.17) is 0 Å². The van der Waals surface area contributed by atoms with Gasteiger partial charge in [-0.1, -0.05) is 0 Å². The maximum atomic E-state index is 10.4. The van der Waals surface area contributed by atoms with E-state index in [1.807, 2.05) is 12.1 Å². The van der Waals surface area contributed by atoms with Gasteiger partial charge in [-0.25, -0.2) is 0 Å². The van der Waals surface area contributed by atoms with Gasteiger partial charge in [0.25, 0.3) is 0 Å². The zero-order valence-corrected chi connectivity index (χ0v) is 9.38. The first-order chi connectivity index (χ1) is 6.79. The quantitative estimate of drug-likeness (QED) is 0.787. The second kappa shape index (κ2) is 3.98. The molecule has 14 heavy (non-hydrogen) atoms. The van der Waals surface area contributed by atoms with Crippen LogP contribution < -0.4 is 0 Å². The molecule has 70 valence electrons. The second-order valence-electron chi connectivity index (χ2n) is 2.57. The SMILES string of the molecule is O=Cc1ccc(-c2ccc(Br)s2)nn1. The van der Waals surface area contributed by atoms with Crippen LogP contribution in [-0.2, 0) is 0 Å². The molecule has 0 aliphatic heterocycles. The summed E-state index contributed by atoms with van der Waals surface area (Å²) in [6, 6.07) is 7.35. The van der Waals surface area contributed by atoms with Crippen molar-refractivity contribution in [3.05, 3.63) is 33.7 Å². The molecule has 0 atom stereocenters. The van der Waals surface area contributed by atoms with E-state index in [2.05, 4.69) is 26.1 Å². The molecule has 0 saturated carbocycles. The van der Waals surface area contributed by atoms with Crippen molar-refractivity contribution in [1.82, 2.24) is 10.2 Å². The predicted molar refractivity (Wildman–Crippen MR) is 58.4 cm³/mol. The van der Waals surface area contributed by atoms with Crippen LogP contribution in [0.5, 0.6) is 0 Å². The van der Waals surface area contributed by atoms with Gasteiger partial charge in [0.15, 0.2) is 6.29 Å². The molecular weight excluding hydrogens is 264 g/mol. The minimum absolute atomic E-state index is 0.351. The Morgan fingerprint density at radius 1 is 1.21 bits per heavy atom. The van der Waals surface area contributed by atoms with Crippen molar-refractivity contribution >= 4 is 33.6 Å². The number of thiophene rings is 1. The van der Waals surface area contributed by atoms with Crippen molar-refractivity contribution in [2.75, 3.05) is 0 Å². The van der Waals surface area contributed by atoms with Crippen molar-refractivity contribution < 1.29 is 4.79 Å². The van der Waals surface area contributed by atoms with Gasteiger partial charge < -0.3 is 0 Å². The first-order valence-electron chi connectivity index (χ1n) is 3.84. The van der Waals surface area contributed by atoms with Gasteiger partial charge in [-0.15, -0.1) is 21.5 Å². The van der Waals surface area contributed by atoms with Gasteiger partial charge >= 0.3 is 0 Å². The van der Waals surface area contributed by atoms with Crippen LogP contribution in [0.25, 0.3) is 10.6 Å². The van der Waals surface area contributed by atoms with Gasteiger partial charge in [0.2, 0.25) is 0 Å². The van der Waals surface area contributed by atoms with E-state index in [-0.39, 0.29) is 0 Å². The predicted octanol–water partition coefficient (Wildman–Crippen LogP) is 2.78. The lowest BCUT2D eigenvalue weighted by Gasteiger charge is -1.93. The lowest BCUT2D eigenvalue weighted by Crippen LogP contribution is -1.90. The van der Waals surface area contributed by atoms with E-state index in [0.29, 0.717) is 12.0 Å². The fraction of sp³-hybridized carbons (Fsp3) is 0. The molecule has 0 spiro atoms. The van der Waals surface area contributed by atoms with Crippen LogP contribution in [0.4, 0.5) is 0 Å². The zero-order chi connectivity index (χ0) is 9.97. The number of aromatic nitrogens is 2. The molecule has 0 bridgehead atoms. The maximum Gasteiger partial charge on any atom is 0.170 e. The fourth-order valence-corrected chi connectivity index (χ4v) is 2.34. The monoisotopic (exact) mass is 268 g/mol. The molecule has 5 heteroatoms. The van der Waals surface area contributed by atoms with Crippen molar-refractivity contribution in [3.63, 3.8) is 0 Å². The highest BCUT2D eigenvalue weighted by Gasteiger charge is 2.03. The third-order valence-electron chi connectivity index (χ3n) is 1.63. The molecule has 2 rings (SSSR count). The Bertz CT molecular complexity index is 452. The smallest absolute Gasteiger partial charge is 0.170 e. The summed E-state index contributed by atoms with van der Waals surface area (Å²) in [5.74, 6) is 0. The van der Waals surface area contributed by atoms with Gasteiger partial charge in [-0.2, -0.15) is 0 Å². The van der Waals surface area contributed by atoms with E-state index >= 15 is 0 Å². The summed E-state index contributed by atoms with van der Waals surface area (Å²) in [6.07, 6.45) is 0.682. The van der Waals surface area contributed by atoms with E-state index in [9.17, 15) is 4.79 Å². The zero-order valence-electron chi connectivity index (χ0n) is 6.98. The third-order valence-corrected chi connectivity index (χ3v) is 3.28. The van der Waals surface area contributed by atoms with E-state index in [1.54, 1.807) is 23.5 Å². The van der Waals surface area contributed by atoms with Gasteiger partial charge in [-0.3, -0.25) is 4.79 Å². The van der Waals surface area contributed by atoms with Gasteiger partial charge in [0.05, 0.1) is 8.66 Å². The molecule has 0 aliphatic rings. The molecule has 0 saturated heterocycles. The Labute approximate surface area is 92.9 Å². The summed E-state index contributed by atoms with van der Waals surface area (Å²) in [5, 5.41) is 7.70. The van der Waals surface area contributed by atoms with Crippen LogP contribution >= 0.6 is 27.3 Å². The Morgan fingerprint density at radius 2 is 2.07 bits per heavy atom. The average Bonchev–Trinajstić information content (AvgIpc) is 2.65. The molecule has 2 heterocycles. The summed E-state index contributed by atoms with van der Waals surface area (Å²) < 4.78 is 1.05. The molecule has 0 fully saturated rings. The summed E-state index contributed by atoms with van der Waals surface area (Å²) in [4.78, 5) is 11.4. The number of rotatable bonds is 2. The lowest BCUT2D eigenvalue weighted by molar-refractivity contribution is 0.111. The number of hydrogen-bond acceptors (Lipinski definition) is 4. The van der Waals surface area contributed by atoms with E-state index in [1.165, 1.54) is 0 Å². The van der Waals surface area contributed by atoms with E-state index < -0.39 is 0 Å². The number of nitrogens with zero attached hydrogens (tertiary/aromatic N) is 2. The van der Waals surface area contributed by atoms with Crippen molar-refractivity contribution in [2.24, 2.45) is 0 Å². The number of carbonyl (C=O) groups is 1. The van der Waals surface area contributed by atoms with Crippen molar-refractivity contribution in [1.29, 1.82) is 0 Å². The first kappa shape index (κ1) is 9.48. The minimum atomic E-state index is 0.351. The van der Waals surface area contributed by atoms with Gasteiger partial charge in [-0.05, 0) is 40.2 Å². The van der Waals surface area contributed by atoms with E-state index in [0.717, 1.165) is 14.4 Å². The van der Waals surface area contributed by atoms with Crippen LogP contribution in [0.1, 0.15) is 10.5 Å². The molecule has 2 aromatic rings. The first-order valence-corrected chi connectivity index (χ1v) is 5.45. The summed E-state index contributed by atoms with van der Waals surface area (Å²) in [6.45, 7) is 0. The minimum Gasteiger partial charge on any atom is -0.296 e. The molecule has 2 aromatic heterocycles. The third kappa shape index (κ3) is 1.88. The maximum absolute atomic E-state index is 10.4. The Hall–Kier alpha value is -1.07. The topological polar surface area (TPSA) is 42.9 Å². The van der Waals surface area contributed by atoms with Crippen LogP contribution in [0, 0.1) is 0 Å². The summed E-state index contributed by atoms with van der Waals surface area (Å²) >= 11 is 4.95. The van der Waals surface area contributed by atoms with Crippen molar-refractivity contribution in [3.8, 4) is 10.6 Å². The standard InChI is InChI=1S/C9H5BrN2OS/c10-9-4-3-8(14-9)7-2-1-6(5-13)11-12-7/h1-5H. The Balaban J connectivity index is 2.38. The highest BCUT2D eigenvalue weighted by molar-refractivity contribution is 9.11. The van der Waals surface area contributed by atoms with Gasteiger partial charge in [0, 0.05) is 0 Å². The van der Waals surface area contributed by atoms with Gasteiger partial charge in [0.1, 0.15) is 11.4 Å². The summed E-state index contributed by atoms with van der Waals surface area (Å²) in [5.41, 5.74) is 1.13. The molecule has 0 amide bonds. The normalized spacial score (nSPS) is 10.1. The fourth-order valence-electron chi connectivity index (χ4n) is 0.989. The Morgan fingerprint density at radius 3 is 2.57 bits per heavy atom. The van der Waals surface area contributed by atoms with Crippen LogP contribution in [0.3, 0.4) is 0 Å². The number of hydrogen-bond donors (Lipinski definition) is 0. The molecule has 0 N–H and O–H groups in total. The molecule has 3 nitrogen and oxygen atoms in total. The molecular formula is C9H5BrN2OS. The van der Waals surface area contributed by atoms with Crippen LogP contribution in [-0.4, -0.2) is 16.5 Å². The van der Waals surface area contributed by atoms with Crippen molar-refractivity contribution in [2.45, 2.75) is 0 Å². The average molecular weight is 269 g/mol. The number of aldehydes is 1.